The van der Waals surface area contributed by atoms with Gasteiger partial charge in [0.05, 0.1) is 7.11 Å². The summed E-state index contributed by atoms with van der Waals surface area (Å²) in [6.07, 6.45) is 1.33. The van der Waals surface area contributed by atoms with Gasteiger partial charge in [-0.1, -0.05) is 6.92 Å². The van der Waals surface area contributed by atoms with Crippen LogP contribution in [0.15, 0.2) is 0 Å². The van der Waals surface area contributed by atoms with Gasteiger partial charge in [0.25, 0.3) is 0 Å². The summed E-state index contributed by atoms with van der Waals surface area (Å²) >= 11 is 0. The number of ether oxygens (including phenoxy) is 1. The summed E-state index contributed by atoms with van der Waals surface area (Å²) in [5, 5.41) is 8.77. The molecule has 0 unspecified atom stereocenters. The van der Waals surface area contributed by atoms with Crippen LogP contribution in [0, 0.1) is 0 Å². The SMILES string of the molecule is CCCNc1nc(NCCC(=O)NCC)nc(OC)n1. The largest absolute Gasteiger partial charge is 0.467 e. The average Bonchev–Trinajstić information content (AvgIpc) is 2.45. The Hall–Kier alpha value is -2.12. The Bertz CT molecular complexity index is 426. The highest BCUT2D eigenvalue weighted by molar-refractivity contribution is 5.76. The van der Waals surface area contributed by atoms with Gasteiger partial charge in [-0.05, 0) is 13.3 Å². The maximum Gasteiger partial charge on any atom is 0.322 e. The molecule has 1 amide bonds. The lowest BCUT2D eigenvalue weighted by molar-refractivity contribution is -0.120. The first-order valence-electron chi connectivity index (χ1n) is 6.74. The number of rotatable bonds is 9. The smallest absolute Gasteiger partial charge is 0.322 e. The number of carbonyl (C=O) groups is 1. The van der Waals surface area contributed by atoms with E-state index in [0.29, 0.717) is 31.4 Å². The molecule has 0 aromatic carbocycles. The summed E-state index contributed by atoms with van der Waals surface area (Å²) in [5.41, 5.74) is 0. The van der Waals surface area contributed by atoms with Crippen LogP contribution in [0.5, 0.6) is 6.01 Å². The van der Waals surface area contributed by atoms with Crippen molar-refractivity contribution in [2.24, 2.45) is 0 Å². The second-order valence-electron chi connectivity index (χ2n) is 4.03. The van der Waals surface area contributed by atoms with E-state index >= 15 is 0 Å². The van der Waals surface area contributed by atoms with Crippen molar-refractivity contribution >= 4 is 17.8 Å². The Labute approximate surface area is 118 Å². The number of hydrogen-bond donors (Lipinski definition) is 3. The molecule has 0 aliphatic rings. The molecule has 8 nitrogen and oxygen atoms in total. The van der Waals surface area contributed by atoms with Crippen molar-refractivity contribution < 1.29 is 9.53 Å². The van der Waals surface area contributed by atoms with Crippen molar-refractivity contribution in [1.82, 2.24) is 20.3 Å². The van der Waals surface area contributed by atoms with Crippen molar-refractivity contribution in [3.63, 3.8) is 0 Å². The first-order chi connectivity index (χ1) is 9.69. The maximum absolute atomic E-state index is 11.3. The lowest BCUT2D eigenvalue weighted by atomic mass is 10.4. The zero-order chi connectivity index (χ0) is 14.8. The van der Waals surface area contributed by atoms with Crippen LogP contribution >= 0.6 is 0 Å². The van der Waals surface area contributed by atoms with Gasteiger partial charge in [-0.2, -0.15) is 15.0 Å². The molecule has 0 radical (unpaired) electrons. The summed E-state index contributed by atoms with van der Waals surface area (Å²) in [4.78, 5) is 23.7. The van der Waals surface area contributed by atoms with E-state index in [-0.39, 0.29) is 11.9 Å². The highest BCUT2D eigenvalue weighted by atomic mass is 16.5. The molecule has 3 N–H and O–H groups in total. The summed E-state index contributed by atoms with van der Waals surface area (Å²) < 4.78 is 5.02. The van der Waals surface area contributed by atoms with Gasteiger partial charge in [-0.15, -0.1) is 0 Å². The minimum atomic E-state index is -0.00893. The van der Waals surface area contributed by atoms with E-state index in [9.17, 15) is 4.79 Å². The molecule has 112 valence electrons. The maximum atomic E-state index is 11.3. The predicted molar refractivity (Wildman–Crippen MR) is 77.0 cm³/mol. The second-order valence-corrected chi connectivity index (χ2v) is 4.03. The topological polar surface area (TPSA) is 101 Å². The van der Waals surface area contributed by atoms with Crippen molar-refractivity contribution in [3.8, 4) is 6.01 Å². The van der Waals surface area contributed by atoms with E-state index in [1.54, 1.807) is 0 Å². The molecule has 0 bridgehead atoms. The van der Waals surface area contributed by atoms with Crippen molar-refractivity contribution in [2.45, 2.75) is 26.7 Å². The first-order valence-corrected chi connectivity index (χ1v) is 6.74. The van der Waals surface area contributed by atoms with E-state index in [0.717, 1.165) is 13.0 Å². The Balaban J connectivity index is 2.57. The van der Waals surface area contributed by atoms with Crippen LogP contribution in [0.1, 0.15) is 26.7 Å². The van der Waals surface area contributed by atoms with Crippen LogP contribution in [0.25, 0.3) is 0 Å². The van der Waals surface area contributed by atoms with E-state index < -0.39 is 0 Å². The lowest BCUT2D eigenvalue weighted by Crippen LogP contribution is -2.25. The highest BCUT2D eigenvalue weighted by Gasteiger charge is 2.06. The molecule has 0 atom stereocenters. The minimum Gasteiger partial charge on any atom is -0.467 e. The second kappa shape index (κ2) is 8.89. The van der Waals surface area contributed by atoms with Gasteiger partial charge in [-0.25, -0.2) is 0 Å². The summed E-state index contributed by atoms with van der Waals surface area (Å²) in [6.45, 7) is 5.78. The molecule has 8 heteroatoms. The first kappa shape index (κ1) is 15.9. The molecule has 0 saturated heterocycles. The minimum absolute atomic E-state index is 0.00893. The van der Waals surface area contributed by atoms with E-state index in [4.69, 9.17) is 4.74 Å². The molecule has 1 aromatic rings. The van der Waals surface area contributed by atoms with E-state index in [1.165, 1.54) is 7.11 Å². The van der Waals surface area contributed by atoms with E-state index in [1.807, 2.05) is 6.92 Å². The number of nitrogens with one attached hydrogen (secondary N) is 3. The van der Waals surface area contributed by atoms with Gasteiger partial charge in [0, 0.05) is 26.1 Å². The fourth-order valence-corrected chi connectivity index (χ4v) is 1.42. The van der Waals surface area contributed by atoms with Gasteiger partial charge in [-0.3, -0.25) is 4.79 Å². The number of hydrogen-bond acceptors (Lipinski definition) is 7. The molecule has 20 heavy (non-hydrogen) atoms. The van der Waals surface area contributed by atoms with Crippen molar-refractivity contribution in [2.75, 3.05) is 37.4 Å². The average molecular weight is 282 g/mol. The standard InChI is InChI=1S/C12H22N6O2/c1-4-7-14-10-16-11(18-12(17-10)20-3)15-8-6-9(19)13-5-2/h4-8H2,1-3H3,(H,13,19)(H2,14,15,16,17,18). The molecule has 0 spiro atoms. The number of carbonyl (C=O) groups excluding carboxylic acids is 1. The third-order valence-electron chi connectivity index (χ3n) is 2.34. The quantitative estimate of drug-likeness (QED) is 0.611. The van der Waals surface area contributed by atoms with Crippen LogP contribution in [0.3, 0.4) is 0 Å². The Morgan fingerprint density at radius 3 is 2.30 bits per heavy atom. The monoisotopic (exact) mass is 282 g/mol. The Morgan fingerprint density at radius 1 is 1.10 bits per heavy atom. The zero-order valence-electron chi connectivity index (χ0n) is 12.2. The number of anilines is 2. The Morgan fingerprint density at radius 2 is 1.75 bits per heavy atom. The molecule has 1 heterocycles. The van der Waals surface area contributed by atoms with Gasteiger partial charge >= 0.3 is 6.01 Å². The van der Waals surface area contributed by atoms with Crippen molar-refractivity contribution in [3.05, 3.63) is 0 Å². The van der Waals surface area contributed by atoms with Gasteiger partial charge in [0.1, 0.15) is 0 Å². The van der Waals surface area contributed by atoms with Gasteiger partial charge in [0.15, 0.2) is 0 Å². The van der Waals surface area contributed by atoms with Gasteiger partial charge in [0.2, 0.25) is 17.8 Å². The normalized spacial score (nSPS) is 9.95. The number of amides is 1. The molecular weight excluding hydrogens is 260 g/mol. The fourth-order valence-electron chi connectivity index (χ4n) is 1.42. The van der Waals surface area contributed by atoms with Crippen LogP contribution in [0.4, 0.5) is 11.9 Å². The van der Waals surface area contributed by atoms with Crippen LogP contribution in [-0.4, -0.2) is 47.6 Å². The summed E-state index contributed by atoms with van der Waals surface area (Å²) in [6, 6.07) is 0.235. The van der Waals surface area contributed by atoms with Crippen LogP contribution < -0.4 is 20.7 Å². The molecule has 1 rings (SSSR count). The molecular formula is C12H22N6O2. The molecule has 0 aliphatic carbocycles. The lowest BCUT2D eigenvalue weighted by Gasteiger charge is -2.09. The molecule has 1 aromatic heterocycles. The number of nitrogens with zero attached hydrogens (tertiary/aromatic N) is 3. The van der Waals surface area contributed by atoms with Crippen LogP contribution in [0.2, 0.25) is 0 Å². The summed E-state index contributed by atoms with van der Waals surface area (Å²) in [5.74, 6) is 0.837. The number of methoxy groups -OCH3 is 1. The highest BCUT2D eigenvalue weighted by Crippen LogP contribution is 2.10. The summed E-state index contributed by atoms with van der Waals surface area (Å²) in [7, 11) is 1.50. The predicted octanol–water partition coefficient (Wildman–Crippen LogP) is 0.640. The zero-order valence-corrected chi connectivity index (χ0v) is 12.2. The van der Waals surface area contributed by atoms with Gasteiger partial charge < -0.3 is 20.7 Å². The molecule has 0 fully saturated rings. The number of aromatic nitrogens is 3. The van der Waals surface area contributed by atoms with Crippen LogP contribution in [-0.2, 0) is 4.79 Å². The molecule has 0 aliphatic heterocycles. The third-order valence-corrected chi connectivity index (χ3v) is 2.34. The van der Waals surface area contributed by atoms with E-state index in [2.05, 4.69) is 37.8 Å². The molecule has 0 saturated carbocycles. The Kier molecular flexibility index (Phi) is 7.08. The fraction of sp³-hybridized carbons (Fsp3) is 0.667. The third kappa shape index (κ3) is 5.68. The van der Waals surface area contributed by atoms with Crippen molar-refractivity contribution in [1.29, 1.82) is 0 Å².